The Bertz CT molecular complexity index is 709. The molecule has 2 heterocycles. The number of alkyl halides is 1. The number of hydrogen-bond donors (Lipinski definition) is 2. The summed E-state index contributed by atoms with van der Waals surface area (Å²) in [7, 11) is 0. The lowest BCUT2D eigenvalue weighted by Crippen LogP contribution is -2.42. The van der Waals surface area contributed by atoms with Gasteiger partial charge in [-0.25, -0.2) is 9.18 Å². The van der Waals surface area contributed by atoms with Crippen molar-refractivity contribution >= 4 is 17.8 Å². The molecule has 2 amide bonds. The second-order valence-electron chi connectivity index (χ2n) is 5.59. The van der Waals surface area contributed by atoms with Crippen molar-refractivity contribution in [1.29, 1.82) is 0 Å². The lowest BCUT2D eigenvalue weighted by atomic mass is 10.1. The van der Waals surface area contributed by atoms with Gasteiger partial charge in [-0.1, -0.05) is 0 Å². The highest BCUT2D eigenvalue weighted by Crippen LogP contribution is 2.32. The SMILES string of the molecule is O=C(NCC(=O)N1CCC(F)(C(=O)O)C1)c1ccc2c(c1)OCO2. The highest BCUT2D eigenvalue weighted by molar-refractivity contribution is 5.97. The maximum Gasteiger partial charge on any atom is 0.343 e. The van der Waals surface area contributed by atoms with Gasteiger partial charge in [0.15, 0.2) is 11.5 Å². The highest BCUT2D eigenvalue weighted by atomic mass is 19.1. The molecular weight excluding hydrogens is 323 g/mol. The van der Waals surface area contributed by atoms with Crippen molar-refractivity contribution in [2.75, 3.05) is 26.4 Å². The quantitative estimate of drug-likeness (QED) is 0.811. The van der Waals surface area contributed by atoms with Gasteiger partial charge in [0, 0.05) is 18.5 Å². The summed E-state index contributed by atoms with van der Waals surface area (Å²) in [4.78, 5) is 36.0. The molecule has 8 nitrogen and oxygen atoms in total. The molecule has 1 fully saturated rings. The number of ether oxygens (including phenoxy) is 2. The lowest BCUT2D eigenvalue weighted by molar-refractivity contribution is -0.150. The second kappa shape index (κ2) is 5.99. The molecule has 0 spiro atoms. The first kappa shape index (κ1) is 16.0. The number of carboxylic acid groups (broad SMARTS) is 1. The van der Waals surface area contributed by atoms with Gasteiger partial charge in [-0.3, -0.25) is 9.59 Å². The van der Waals surface area contributed by atoms with E-state index in [9.17, 15) is 18.8 Å². The van der Waals surface area contributed by atoms with Crippen LogP contribution in [0.4, 0.5) is 4.39 Å². The molecule has 128 valence electrons. The molecule has 1 aromatic carbocycles. The van der Waals surface area contributed by atoms with Gasteiger partial charge in [0.2, 0.25) is 18.4 Å². The van der Waals surface area contributed by atoms with Crippen molar-refractivity contribution in [2.45, 2.75) is 12.1 Å². The molecule has 24 heavy (non-hydrogen) atoms. The number of hydrogen-bond acceptors (Lipinski definition) is 5. The van der Waals surface area contributed by atoms with Gasteiger partial charge in [-0.05, 0) is 18.2 Å². The first-order chi connectivity index (χ1) is 11.4. The first-order valence-electron chi connectivity index (χ1n) is 7.27. The Balaban J connectivity index is 1.55. The number of benzene rings is 1. The number of carbonyl (C=O) groups is 3. The maximum atomic E-state index is 13.9. The van der Waals surface area contributed by atoms with E-state index in [0.717, 1.165) is 4.90 Å². The summed E-state index contributed by atoms with van der Waals surface area (Å²) in [5, 5.41) is 11.2. The number of rotatable bonds is 4. The van der Waals surface area contributed by atoms with Crippen LogP contribution >= 0.6 is 0 Å². The summed E-state index contributed by atoms with van der Waals surface area (Å²) < 4.78 is 24.2. The van der Waals surface area contributed by atoms with Crippen molar-refractivity contribution in [2.24, 2.45) is 0 Å². The molecule has 1 aromatic rings. The summed E-state index contributed by atoms with van der Waals surface area (Å²) in [6, 6.07) is 4.61. The molecule has 1 unspecified atom stereocenters. The van der Waals surface area contributed by atoms with Gasteiger partial charge in [0.05, 0.1) is 13.1 Å². The summed E-state index contributed by atoms with van der Waals surface area (Å²) in [5.41, 5.74) is -2.13. The first-order valence-corrected chi connectivity index (χ1v) is 7.27. The van der Waals surface area contributed by atoms with Gasteiger partial charge < -0.3 is 24.8 Å². The third-order valence-corrected chi connectivity index (χ3v) is 3.99. The fourth-order valence-electron chi connectivity index (χ4n) is 2.57. The van der Waals surface area contributed by atoms with Crippen molar-refractivity contribution in [3.8, 4) is 11.5 Å². The largest absolute Gasteiger partial charge is 0.479 e. The van der Waals surface area contributed by atoms with Crippen LogP contribution in [-0.2, 0) is 9.59 Å². The van der Waals surface area contributed by atoms with E-state index in [4.69, 9.17) is 14.6 Å². The van der Waals surface area contributed by atoms with Crippen molar-refractivity contribution in [3.63, 3.8) is 0 Å². The number of likely N-dealkylation sites (tertiary alicyclic amines) is 1. The van der Waals surface area contributed by atoms with E-state index in [0.29, 0.717) is 17.1 Å². The third-order valence-electron chi connectivity index (χ3n) is 3.99. The lowest BCUT2D eigenvalue weighted by Gasteiger charge is -2.18. The molecule has 1 atom stereocenters. The molecule has 0 aliphatic carbocycles. The maximum absolute atomic E-state index is 13.9. The minimum Gasteiger partial charge on any atom is -0.479 e. The van der Waals surface area contributed by atoms with Gasteiger partial charge in [0.1, 0.15) is 0 Å². The van der Waals surface area contributed by atoms with Crippen LogP contribution in [0, 0.1) is 0 Å². The Labute approximate surface area is 136 Å². The number of carbonyl (C=O) groups excluding carboxylic acids is 2. The van der Waals surface area contributed by atoms with E-state index in [2.05, 4.69) is 5.32 Å². The zero-order valence-electron chi connectivity index (χ0n) is 12.6. The Morgan fingerprint density at radius 1 is 1.29 bits per heavy atom. The van der Waals surface area contributed by atoms with Crippen LogP contribution < -0.4 is 14.8 Å². The zero-order chi connectivity index (χ0) is 17.3. The highest BCUT2D eigenvalue weighted by Gasteiger charge is 2.46. The number of fused-ring (bicyclic) bond motifs is 1. The molecular formula is C15H15FN2O6. The van der Waals surface area contributed by atoms with Crippen molar-refractivity contribution in [3.05, 3.63) is 23.8 Å². The number of nitrogens with zero attached hydrogens (tertiary/aromatic N) is 1. The molecule has 0 radical (unpaired) electrons. The van der Waals surface area contributed by atoms with Crippen LogP contribution in [0.2, 0.25) is 0 Å². The van der Waals surface area contributed by atoms with Crippen LogP contribution in [0.15, 0.2) is 18.2 Å². The summed E-state index contributed by atoms with van der Waals surface area (Å²) >= 11 is 0. The summed E-state index contributed by atoms with van der Waals surface area (Å²) in [5.74, 6) is -1.64. The molecule has 9 heteroatoms. The van der Waals surface area contributed by atoms with E-state index in [1.807, 2.05) is 0 Å². The Kier molecular flexibility index (Phi) is 4.00. The van der Waals surface area contributed by atoms with Crippen LogP contribution in [0.1, 0.15) is 16.8 Å². The van der Waals surface area contributed by atoms with Gasteiger partial charge in [-0.2, -0.15) is 0 Å². The predicted octanol–water partition coefficient (Wildman–Crippen LogP) is 0.170. The smallest absolute Gasteiger partial charge is 0.343 e. The number of aliphatic carboxylic acids is 1. The number of carboxylic acids is 1. The normalized spacial score (nSPS) is 21.6. The Hall–Kier alpha value is -2.84. The molecule has 3 rings (SSSR count). The number of halogens is 1. The van der Waals surface area contributed by atoms with Crippen molar-refractivity contribution < 1.29 is 33.4 Å². The number of amides is 2. The average Bonchev–Trinajstić information content (AvgIpc) is 3.18. The van der Waals surface area contributed by atoms with Crippen molar-refractivity contribution in [1.82, 2.24) is 10.2 Å². The minimum atomic E-state index is -2.42. The average molecular weight is 338 g/mol. The standard InChI is InChI=1S/C15H15FN2O6/c16-15(14(21)22)3-4-18(7-15)12(19)6-17-13(20)9-1-2-10-11(5-9)24-8-23-10/h1-2,5H,3-4,6-8H2,(H,17,20)(H,21,22). The van der Waals surface area contributed by atoms with E-state index < -0.39 is 30.0 Å². The van der Waals surface area contributed by atoms with Crippen LogP contribution in [0.3, 0.4) is 0 Å². The molecule has 0 bridgehead atoms. The fourth-order valence-corrected chi connectivity index (χ4v) is 2.57. The van der Waals surface area contributed by atoms with Crippen LogP contribution in [0.25, 0.3) is 0 Å². The molecule has 0 aromatic heterocycles. The zero-order valence-corrected chi connectivity index (χ0v) is 12.6. The van der Waals surface area contributed by atoms with E-state index in [1.54, 1.807) is 6.07 Å². The summed E-state index contributed by atoms with van der Waals surface area (Å²) in [6.07, 6.45) is -0.260. The molecule has 1 saturated heterocycles. The predicted molar refractivity (Wildman–Crippen MR) is 77.6 cm³/mol. The Morgan fingerprint density at radius 3 is 2.75 bits per heavy atom. The molecule has 2 aliphatic heterocycles. The Morgan fingerprint density at radius 2 is 2.04 bits per heavy atom. The van der Waals surface area contributed by atoms with Gasteiger partial charge >= 0.3 is 5.97 Å². The topological polar surface area (TPSA) is 105 Å². The van der Waals surface area contributed by atoms with Crippen LogP contribution in [-0.4, -0.2) is 59.9 Å². The van der Waals surface area contributed by atoms with E-state index in [-0.39, 0.29) is 26.3 Å². The summed E-state index contributed by atoms with van der Waals surface area (Å²) in [6.45, 7) is -0.770. The van der Waals surface area contributed by atoms with Gasteiger partial charge in [0.25, 0.3) is 5.91 Å². The molecule has 2 N–H and O–H groups in total. The van der Waals surface area contributed by atoms with Crippen LogP contribution in [0.5, 0.6) is 11.5 Å². The fraction of sp³-hybridized carbons (Fsp3) is 0.400. The molecule has 0 saturated carbocycles. The van der Waals surface area contributed by atoms with E-state index in [1.165, 1.54) is 12.1 Å². The molecule has 2 aliphatic rings. The van der Waals surface area contributed by atoms with E-state index >= 15 is 0 Å². The van der Waals surface area contributed by atoms with Gasteiger partial charge in [-0.15, -0.1) is 0 Å². The monoisotopic (exact) mass is 338 g/mol. The minimum absolute atomic E-state index is 0.00152. The number of nitrogens with one attached hydrogen (secondary N) is 1. The third kappa shape index (κ3) is 2.97. The second-order valence-corrected chi connectivity index (χ2v) is 5.59.